The molecule has 2 aromatic rings. The molecule has 0 saturated carbocycles. The Morgan fingerprint density at radius 1 is 1.30 bits per heavy atom. The zero-order chi connectivity index (χ0) is 19.6. The fourth-order valence-electron chi connectivity index (χ4n) is 3.69. The second-order valence-corrected chi connectivity index (χ2v) is 7.75. The van der Waals surface area contributed by atoms with Crippen LogP contribution in [0.5, 0.6) is 0 Å². The number of aryl methyl sites for hydroxylation is 1. The third-order valence-corrected chi connectivity index (χ3v) is 5.64. The standard InChI is InChI=1S/C21H23ClFNO3/c1-14-2-7-18(22)17(10-14)20(27)24-9-8-19(26)21(12-24,13-25)11-15-3-5-16(23)6-4-15/h2-7,10,19,25-26H,8-9,11-13H2,1H3/t19-,21-/m0/s1. The fraction of sp³-hybridized carbons (Fsp3) is 0.381. The Balaban J connectivity index is 1.86. The molecular weight excluding hydrogens is 369 g/mol. The van der Waals surface area contributed by atoms with Crippen LogP contribution in [-0.2, 0) is 6.42 Å². The summed E-state index contributed by atoms with van der Waals surface area (Å²) in [6, 6.07) is 11.3. The maximum absolute atomic E-state index is 13.2. The second kappa shape index (κ2) is 7.97. The maximum atomic E-state index is 13.2. The predicted molar refractivity (Wildman–Crippen MR) is 102 cm³/mol. The number of benzene rings is 2. The Bertz CT molecular complexity index is 827. The van der Waals surface area contributed by atoms with Gasteiger partial charge < -0.3 is 15.1 Å². The number of rotatable bonds is 4. The Morgan fingerprint density at radius 3 is 2.67 bits per heavy atom. The van der Waals surface area contributed by atoms with Crippen molar-refractivity contribution in [3.8, 4) is 0 Å². The molecule has 4 nitrogen and oxygen atoms in total. The van der Waals surface area contributed by atoms with Gasteiger partial charge in [0.2, 0.25) is 0 Å². The van der Waals surface area contributed by atoms with Gasteiger partial charge in [0.25, 0.3) is 5.91 Å². The number of carbonyl (C=O) groups excluding carboxylic acids is 1. The number of amides is 1. The third kappa shape index (κ3) is 4.15. The van der Waals surface area contributed by atoms with Gasteiger partial charge in [0, 0.05) is 18.5 Å². The van der Waals surface area contributed by atoms with Crippen molar-refractivity contribution >= 4 is 17.5 Å². The number of piperidine rings is 1. The largest absolute Gasteiger partial charge is 0.396 e. The lowest BCUT2D eigenvalue weighted by Crippen LogP contribution is -2.56. The Kier molecular flexibility index (Phi) is 5.84. The van der Waals surface area contributed by atoms with Gasteiger partial charge in [-0.2, -0.15) is 0 Å². The molecule has 1 heterocycles. The quantitative estimate of drug-likeness (QED) is 0.841. The van der Waals surface area contributed by atoms with Crippen LogP contribution in [0.15, 0.2) is 42.5 Å². The van der Waals surface area contributed by atoms with E-state index in [1.807, 2.05) is 13.0 Å². The lowest BCUT2D eigenvalue weighted by atomic mass is 9.73. The van der Waals surface area contributed by atoms with Crippen molar-refractivity contribution in [1.82, 2.24) is 4.90 Å². The van der Waals surface area contributed by atoms with E-state index in [0.717, 1.165) is 11.1 Å². The summed E-state index contributed by atoms with van der Waals surface area (Å²) < 4.78 is 13.2. The summed E-state index contributed by atoms with van der Waals surface area (Å²) >= 11 is 6.21. The van der Waals surface area contributed by atoms with Crippen molar-refractivity contribution in [1.29, 1.82) is 0 Å². The van der Waals surface area contributed by atoms with Crippen molar-refractivity contribution in [2.24, 2.45) is 5.41 Å². The van der Waals surface area contributed by atoms with Gasteiger partial charge in [0.05, 0.1) is 23.3 Å². The summed E-state index contributed by atoms with van der Waals surface area (Å²) in [5.74, 6) is -0.556. The molecule has 144 valence electrons. The summed E-state index contributed by atoms with van der Waals surface area (Å²) in [5, 5.41) is 21.1. The topological polar surface area (TPSA) is 60.8 Å². The summed E-state index contributed by atoms with van der Waals surface area (Å²) in [7, 11) is 0. The van der Waals surface area contributed by atoms with Crippen molar-refractivity contribution < 1.29 is 19.4 Å². The molecule has 2 N–H and O–H groups in total. The van der Waals surface area contributed by atoms with Crippen LogP contribution in [0.1, 0.15) is 27.9 Å². The van der Waals surface area contributed by atoms with Gasteiger partial charge in [-0.3, -0.25) is 4.79 Å². The first-order chi connectivity index (χ1) is 12.8. The van der Waals surface area contributed by atoms with Crippen LogP contribution in [0.3, 0.4) is 0 Å². The van der Waals surface area contributed by atoms with Gasteiger partial charge in [-0.15, -0.1) is 0 Å². The first-order valence-electron chi connectivity index (χ1n) is 8.93. The lowest BCUT2D eigenvalue weighted by molar-refractivity contribution is -0.0668. The molecule has 1 aliphatic heterocycles. The van der Waals surface area contributed by atoms with Gasteiger partial charge in [-0.1, -0.05) is 35.4 Å². The molecule has 2 aromatic carbocycles. The van der Waals surface area contributed by atoms with Crippen molar-refractivity contribution in [2.45, 2.75) is 25.9 Å². The number of hydrogen-bond acceptors (Lipinski definition) is 3. The van der Waals surface area contributed by atoms with E-state index < -0.39 is 11.5 Å². The van der Waals surface area contributed by atoms with Crippen molar-refractivity contribution in [2.75, 3.05) is 19.7 Å². The van der Waals surface area contributed by atoms with Gasteiger partial charge in [0.15, 0.2) is 0 Å². The van der Waals surface area contributed by atoms with Crippen LogP contribution in [0, 0.1) is 18.2 Å². The van der Waals surface area contributed by atoms with Gasteiger partial charge in [-0.05, 0) is 49.6 Å². The number of hydrogen-bond donors (Lipinski definition) is 2. The molecule has 0 spiro atoms. The van der Waals surface area contributed by atoms with Crippen LogP contribution in [0.25, 0.3) is 0 Å². The van der Waals surface area contributed by atoms with E-state index in [1.165, 1.54) is 12.1 Å². The predicted octanol–water partition coefficient (Wildman–Crippen LogP) is 3.22. The highest BCUT2D eigenvalue weighted by Gasteiger charge is 2.44. The smallest absolute Gasteiger partial charge is 0.255 e. The normalized spacial score (nSPS) is 22.7. The van der Waals surface area contributed by atoms with E-state index in [9.17, 15) is 19.4 Å². The van der Waals surface area contributed by atoms with E-state index in [4.69, 9.17) is 11.6 Å². The number of nitrogens with zero attached hydrogens (tertiary/aromatic N) is 1. The van der Waals surface area contributed by atoms with E-state index in [-0.39, 0.29) is 24.9 Å². The number of likely N-dealkylation sites (tertiary alicyclic amines) is 1. The number of halogens is 2. The third-order valence-electron chi connectivity index (χ3n) is 5.31. The van der Waals surface area contributed by atoms with Crippen molar-refractivity contribution in [3.63, 3.8) is 0 Å². The summed E-state index contributed by atoms with van der Waals surface area (Å²) in [6.07, 6.45) is -0.0581. The SMILES string of the molecule is Cc1ccc(Cl)c(C(=O)N2CC[C@H](O)[C@@](CO)(Cc3ccc(F)cc3)C2)c1. The highest BCUT2D eigenvalue weighted by Crippen LogP contribution is 2.35. The zero-order valence-electron chi connectivity index (χ0n) is 15.2. The fourth-order valence-corrected chi connectivity index (χ4v) is 3.89. The number of carbonyl (C=O) groups is 1. The Morgan fingerprint density at radius 2 is 2.00 bits per heavy atom. The van der Waals surface area contributed by atoms with Crippen LogP contribution < -0.4 is 0 Å². The average molecular weight is 392 g/mol. The van der Waals surface area contributed by atoms with Crippen LogP contribution in [-0.4, -0.2) is 46.8 Å². The first-order valence-corrected chi connectivity index (χ1v) is 9.31. The van der Waals surface area contributed by atoms with Crippen molar-refractivity contribution in [3.05, 3.63) is 70.0 Å². The van der Waals surface area contributed by atoms with Crippen LogP contribution in [0.4, 0.5) is 4.39 Å². The maximum Gasteiger partial charge on any atom is 0.255 e. The minimum Gasteiger partial charge on any atom is -0.396 e. The van der Waals surface area contributed by atoms with Crippen LogP contribution in [0.2, 0.25) is 5.02 Å². The number of aliphatic hydroxyl groups excluding tert-OH is 2. The Labute approximate surface area is 163 Å². The summed E-state index contributed by atoms with van der Waals surface area (Å²) in [6.45, 7) is 2.19. The van der Waals surface area contributed by atoms with E-state index in [2.05, 4.69) is 0 Å². The van der Waals surface area contributed by atoms with Gasteiger partial charge in [0.1, 0.15) is 5.82 Å². The molecule has 0 unspecified atom stereocenters. The van der Waals surface area contributed by atoms with E-state index in [0.29, 0.717) is 30.0 Å². The molecule has 0 radical (unpaired) electrons. The molecule has 1 saturated heterocycles. The number of aliphatic hydroxyl groups is 2. The van der Waals surface area contributed by atoms with Gasteiger partial charge >= 0.3 is 0 Å². The van der Waals surface area contributed by atoms with Crippen LogP contribution >= 0.6 is 11.6 Å². The molecule has 3 rings (SSSR count). The molecule has 2 atom stereocenters. The molecule has 1 aliphatic rings. The molecule has 0 aromatic heterocycles. The minimum atomic E-state index is -0.901. The van der Waals surface area contributed by atoms with Gasteiger partial charge in [-0.25, -0.2) is 4.39 Å². The second-order valence-electron chi connectivity index (χ2n) is 7.34. The zero-order valence-corrected chi connectivity index (χ0v) is 15.9. The minimum absolute atomic E-state index is 0.200. The van der Waals surface area contributed by atoms with E-state index in [1.54, 1.807) is 29.2 Å². The Hall–Kier alpha value is -1.95. The highest BCUT2D eigenvalue weighted by atomic mass is 35.5. The molecule has 1 fully saturated rings. The summed E-state index contributed by atoms with van der Waals surface area (Å²) in [5.41, 5.74) is 1.25. The molecule has 6 heteroatoms. The average Bonchev–Trinajstić information content (AvgIpc) is 2.67. The summed E-state index contributed by atoms with van der Waals surface area (Å²) in [4.78, 5) is 14.6. The van der Waals surface area contributed by atoms with E-state index >= 15 is 0 Å². The molecule has 27 heavy (non-hydrogen) atoms. The first kappa shape index (κ1) is 19.8. The lowest BCUT2D eigenvalue weighted by Gasteiger charge is -2.45. The monoisotopic (exact) mass is 391 g/mol. The molecular formula is C21H23ClFNO3. The molecule has 0 aliphatic carbocycles. The molecule has 1 amide bonds. The highest BCUT2D eigenvalue weighted by molar-refractivity contribution is 6.33. The molecule has 0 bridgehead atoms.